The summed E-state index contributed by atoms with van der Waals surface area (Å²) >= 11 is 5.77. The van der Waals surface area contributed by atoms with E-state index in [1.807, 2.05) is 0 Å². The number of nitrogens with zero attached hydrogens (tertiary/aromatic N) is 2. The zero-order valence-electron chi connectivity index (χ0n) is 17.9. The molecule has 2 aliphatic heterocycles. The van der Waals surface area contributed by atoms with Crippen LogP contribution in [-0.4, -0.2) is 66.4 Å². The molecule has 11 heteroatoms. The number of ether oxygens (including phenoxy) is 2. The summed E-state index contributed by atoms with van der Waals surface area (Å²) in [6, 6.07) is 4.38. The van der Waals surface area contributed by atoms with Gasteiger partial charge in [-0.25, -0.2) is 4.39 Å². The zero-order valence-corrected chi connectivity index (χ0v) is 18.7. The Kier molecular flexibility index (Phi) is 6.42. The van der Waals surface area contributed by atoms with Gasteiger partial charge in [-0.3, -0.25) is 14.4 Å². The molecule has 1 aromatic heterocycles. The van der Waals surface area contributed by atoms with Gasteiger partial charge in [-0.1, -0.05) is 23.7 Å². The molecule has 3 heterocycles. The molecule has 2 amide bonds. The highest BCUT2D eigenvalue weighted by molar-refractivity contribution is 6.30. The fraction of sp³-hybridized carbons (Fsp3) is 0.409. The Morgan fingerprint density at radius 2 is 2.18 bits per heavy atom. The van der Waals surface area contributed by atoms with Gasteiger partial charge < -0.3 is 29.4 Å². The molecule has 0 aliphatic carbocycles. The van der Waals surface area contributed by atoms with Crippen LogP contribution in [0.1, 0.15) is 32.8 Å². The van der Waals surface area contributed by atoms with Crippen LogP contribution < -0.4 is 10.7 Å². The van der Waals surface area contributed by atoms with Crippen molar-refractivity contribution >= 4 is 23.4 Å². The number of halogens is 2. The largest absolute Gasteiger partial charge is 0.503 e. The first-order valence-electron chi connectivity index (χ1n) is 10.4. The number of methoxy groups -OCH3 is 1. The van der Waals surface area contributed by atoms with Crippen LogP contribution in [0.25, 0.3) is 0 Å². The van der Waals surface area contributed by atoms with Gasteiger partial charge in [-0.15, -0.1) is 0 Å². The first-order chi connectivity index (χ1) is 15.8. The molecule has 1 spiro atoms. The van der Waals surface area contributed by atoms with E-state index in [4.69, 9.17) is 21.1 Å². The molecule has 1 atom stereocenters. The number of fused-ring (bicyclic) bond motifs is 2. The summed E-state index contributed by atoms with van der Waals surface area (Å²) in [6.45, 7) is 1.29. The van der Waals surface area contributed by atoms with Crippen molar-refractivity contribution in [1.82, 2.24) is 14.8 Å². The van der Waals surface area contributed by atoms with E-state index in [1.165, 1.54) is 41.0 Å². The smallest absolute Gasteiger partial charge is 0.274 e. The summed E-state index contributed by atoms with van der Waals surface area (Å²) < 4.78 is 26.3. The van der Waals surface area contributed by atoms with Gasteiger partial charge in [0.25, 0.3) is 11.8 Å². The molecule has 2 aromatic rings. The Hall–Kier alpha value is -2.95. The SMILES string of the molecule is COCCN1CC2(CCOC2)n2cc(C(=O)NCc3cccc(Cl)c3F)c(=O)c(O)c2C1=O. The number of nitrogens with one attached hydrogen (secondary N) is 1. The van der Waals surface area contributed by atoms with Gasteiger partial charge in [-0.05, 0) is 12.5 Å². The highest BCUT2D eigenvalue weighted by atomic mass is 35.5. The zero-order chi connectivity index (χ0) is 23.8. The molecule has 2 aliphatic rings. The second-order valence-electron chi connectivity index (χ2n) is 8.08. The van der Waals surface area contributed by atoms with Gasteiger partial charge in [0.2, 0.25) is 5.43 Å². The van der Waals surface area contributed by atoms with Crippen molar-refractivity contribution in [2.45, 2.75) is 18.5 Å². The number of carbonyl (C=O) groups excluding carboxylic acids is 2. The molecule has 176 valence electrons. The van der Waals surface area contributed by atoms with Crippen LogP contribution in [-0.2, 0) is 21.6 Å². The van der Waals surface area contributed by atoms with Crippen molar-refractivity contribution < 1.29 is 28.6 Å². The Labute approximate surface area is 193 Å². The number of benzene rings is 1. The van der Waals surface area contributed by atoms with E-state index in [0.717, 1.165) is 0 Å². The van der Waals surface area contributed by atoms with Crippen molar-refractivity contribution in [2.75, 3.05) is 40.0 Å². The van der Waals surface area contributed by atoms with E-state index in [9.17, 15) is 23.9 Å². The third-order valence-corrected chi connectivity index (χ3v) is 6.32. The predicted molar refractivity (Wildman–Crippen MR) is 116 cm³/mol. The second-order valence-corrected chi connectivity index (χ2v) is 8.49. The highest BCUT2D eigenvalue weighted by Crippen LogP contribution is 2.36. The average molecular weight is 480 g/mol. The van der Waals surface area contributed by atoms with Crippen molar-refractivity contribution in [3.8, 4) is 5.75 Å². The van der Waals surface area contributed by atoms with Crippen molar-refractivity contribution in [3.63, 3.8) is 0 Å². The number of aromatic hydroxyl groups is 1. The van der Waals surface area contributed by atoms with E-state index in [0.29, 0.717) is 13.0 Å². The molecule has 0 radical (unpaired) electrons. The predicted octanol–water partition coefficient (Wildman–Crippen LogP) is 1.49. The molecule has 0 saturated carbocycles. The number of hydrogen-bond acceptors (Lipinski definition) is 6. The van der Waals surface area contributed by atoms with Crippen LogP contribution in [0, 0.1) is 5.82 Å². The minimum absolute atomic E-state index is 0.0899. The van der Waals surface area contributed by atoms with Crippen molar-refractivity contribution in [1.29, 1.82) is 0 Å². The maximum Gasteiger partial charge on any atom is 0.274 e. The number of carbonyl (C=O) groups is 2. The summed E-state index contributed by atoms with van der Waals surface area (Å²) in [5, 5.41) is 13.1. The van der Waals surface area contributed by atoms with Crippen molar-refractivity contribution in [3.05, 3.63) is 62.3 Å². The molecule has 0 bridgehead atoms. The van der Waals surface area contributed by atoms with Gasteiger partial charge >= 0.3 is 0 Å². The Bertz CT molecular complexity index is 1160. The fourth-order valence-electron chi connectivity index (χ4n) is 4.24. The molecule has 4 rings (SSSR count). The third-order valence-electron chi connectivity index (χ3n) is 6.03. The number of hydrogen-bond donors (Lipinski definition) is 2. The summed E-state index contributed by atoms with van der Waals surface area (Å²) in [5.41, 5.74) is -2.13. The monoisotopic (exact) mass is 479 g/mol. The number of rotatable bonds is 6. The standard InChI is InChI=1S/C22H23ClFN3O6/c1-32-8-6-26-11-22(5-7-33-12-22)27-10-14(18(28)19(29)17(27)21(26)31)20(30)25-9-13-3-2-4-15(23)16(13)24/h2-4,10,29H,5-9,11-12H2,1H3,(H,25,30). The summed E-state index contributed by atoms with van der Waals surface area (Å²) in [6.07, 6.45) is 1.80. The first-order valence-corrected chi connectivity index (χ1v) is 10.7. The lowest BCUT2D eigenvalue weighted by Crippen LogP contribution is -2.56. The quantitative estimate of drug-likeness (QED) is 0.649. The minimum Gasteiger partial charge on any atom is -0.503 e. The lowest BCUT2D eigenvalue weighted by Gasteiger charge is -2.42. The van der Waals surface area contributed by atoms with Gasteiger partial charge in [0.1, 0.15) is 11.4 Å². The van der Waals surface area contributed by atoms with Gasteiger partial charge in [0.05, 0.1) is 23.8 Å². The molecule has 9 nitrogen and oxygen atoms in total. The van der Waals surface area contributed by atoms with Crippen LogP contribution in [0.3, 0.4) is 0 Å². The first kappa shape index (κ1) is 23.2. The molecule has 1 unspecified atom stereocenters. The average Bonchev–Trinajstić information content (AvgIpc) is 3.27. The maximum absolute atomic E-state index is 14.1. The van der Waals surface area contributed by atoms with Crippen LogP contribution in [0.15, 0.2) is 29.2 Å². The van der Waals surface area contributed by atoms with Gasteiger partial charge in [0.15, 0.2) is 11.4 Å². The molecule has 2 N–H and O–H groups in total. The Morgan fingerprint density at radius 1 is 1.39 bits per heavy atom. The van der Waals surface area contributed by atoms with E-state index in [2.05, 4.69) is 5.32 Å². The lowest BCUT2D eigenvalue weighted by molar-refractivity contribution is 0.0424. The number of pyridine rings is 1. The highest BCUT2D eigenvalue weighted by Gasteiger charge is 2.47. The van der Waals surface area contributed by atoms with Gasteiger partial charge in [-0.2, -0.15) is 0 Å². The van der Waals surface area contributed by atoms with E-state index < -0.39 is 34.3 Å². The van der Waals surface area contributed by atoms with E-state index in [1.54, 1.807) is 0 Å². The topological polar surface area (TPSA) is 110 Å². The number of aromatic nitrogens is 1. The Morgan fingerprint density at radius 3 is 2.88 bits per heavy atom. The molecule has 33 heavy (non-hydrogen) atoms. The molecular weight excluding hydrogens is 457 g/mol. The molecular formula is C22H23ClFN3O6. The maximum atomic E-state index is 14.1. The van der Waals surface area contributed by atoms with E-state index in [-0.39, 0.29) is 54.7 Å². The fourth-order valence-corrected chi connectivity index (χ4v) is 4.44. The lowest BCUT2D eigenvalue weighted by atomic mass is 9.92. The van der Waals surface area contributed by atoms with E-state index >= 15 is 0 Å². The second kappa shape index (κ2) is 9.12. The Balaban J connectivity index is 1.70. The minimum atomic E-state index is -0.985. The molecule has 1 fully saturated rings. The van der Waals surface area contributed by atoms with Crippen LogP contribution in [0.5, 0.6) is 5.75 Å². The van der Waals surface area contributed by atoms with Gasteiger partial charge in [0, 0.05) is 45.1 Å². The number of amides is 2. The summed E-state index contributed by atoms with van der Waals surface area (Å²) in [7, 11) is 1.51. The summed E-state index contributed by atoms with van der Waals surface area (Å²) in [4.78, 5) is 40.2. The van der Waals surface area contributed by atoms with Crippen LogP contribution >= 0.6 is 11.6 Å². The summed E-state index contributed by atoms with van der Waals surface area (Å²) in [5.74, 6) is -2.83. The van der Waals surface area contributed by atoms with Crippen LogP contribution in [0.4, 0.5) is 4.39 Å². The third kappa shape index (κ3) is 4.09. The molecule has 1 saturated heterocycles. The normalized spacial score (nSPS) is 19.7. The van der Waals surface area contributed by atoms with Crippen LogP contribution in [0.2, 0.25) is 5.02 Å². The molecule has 1 aromatic carbocycles. The van der Waals surface area contributed by atoms with Crippen molar-refractivity contribution in [2.24, 2.45) is 0 Å².